The zero-order valence-electron chi connectivity index (χ0n) is 14.4. The van der Waals surface area contributed by atoms with E-state index >= 15 is 0 Å². The van der Waals surface area contributed by atoms with Crippen LogP contribution in [0.15, 0.2) is 74.1 Å². The van der Waals surface area contributed by atoms with Gasteiger partial charge in [0.2, 0.25) is 0 Å². The van der Waals surface area contributed by atoms with Crippen molar-refractivity contribution >= 4 is 34.8 Å². The van der Waals surface area contributed by atoms with Crippen LogP contribution in [0.5, 0.6) is 0 Å². The largest absolute Gasteiger partial charge is 0.469 e. The van der Waals surface area contributed by atoms with E-state index in [4.69, 9.17) is 4.42 Å². The summed E-state index contributed by atoms with van der Waals surface area (Å²) in [6.07, 6.45) is 1.49. The SMILES string of the molecule is C/C(=N\NC(=O)c1ccoc1C)c1ccc2c(c1)Nc1ccccc1S2. The lowest BCUT2D eigenvalue weighted by molar-refractivity contribution is 0.0953. The molecule has 0 atom stereocenters. The van der Waals surface area contributed by atoms with Crippen molar-refractivity contribution in [3.05, 3.63) is 71.7 Å². The molecular weight excluding hydrogens is 346 g/mol. The van der Waals surface area contributed by atoms with E-state index in [-0.39, 0.29) is 5.91 Å². The number of hydrazone groups is 1. The highest BCUT2D eigenvalue weighted by molar-refractivity contribution is 7.99. The normalized spacial score (nSPS) is 12.8. The quantitative estimate of drug-likeness (QED) is 0.399. The number of nitrogens with zero attached hydrogens (tertiary/aromatic N) is 1. The van der Waals surface area contributed by atoms with Gasteiger partial charge >= 0.3 is 0 Å². The van der Waals surface area contributed by atoms with Crippen molar-refractivity contribution < 1.29 is 9.21 Å². The summed E-state index contributed by atoms with van der Waals surface area (Å²) >= 11 is 1.74. The van der Waals surface area contributed by atoms with Gasteiger partial charge in [-0.2, -0.15) is 5.10 Å². The number of carbonyl (C=O) groups excluding carboxylic acids is 1. The van der Waals surface area contributed by atoms with E-state index in [9.17, 15) is 4.79 Å². The molecule has 0 spiro atoms. The Kier molecular flexibility index (Phi) is 4.26. The number of benzene rings is 2. The minimum Gasteiger partial charge on any atom is -0.469 e. The standard InChI is InChI=1S/C20H17N3O2S/c1-12(22-23-20(24)15-9-10-25-13(15)2)14-7-8-19-17(11-14)21-16-5-3-4-6-18(16)26-19/h3-11,21H,1-2H3,(H,23,24)/b22-12+. The van der Waals surface area contributed by atoms with Crippen molar-refractivity contribution in [3.63, 3.8) is 0 Å². The van der Waals surface area contributed by atoms with Crippen LogP contribution in [0.1, 0.15) is 28.6 Å². The number of nitrogens with one attached hydrogen (secondary N) is 2. The molecule has 130 valence electrons. The number of carbonyl (C=O) groups is 1. The van der Waals surface area contributed by atoms with Crippen LogP contribution in [0.25, 0.3) is 0 Å². The maximum atomic E-state index is 12.1. The van der Waals surface area contributed by atoms with Crippen LogP contribution in [-0.2, 0) is 0 Å². The molecule has 4 rings (SSSR count). The minimum absolute atomic E-state index is 0.281. The third-order valence-corrected chi connectivity index (χ3v) is 5.35. The van der Waals surface area contributed by atoms with Crippen LogP contribution in [0.4, 0.5) is 11.4 Å². The molecule has 1 aliphatic heterocycles. The van der Waals surface area contributed by atoms with Crippen LogP contribution < -0.4 is 10.7 Å². The topological polar surface area (TPSA) is 66.6 Å². The maximum Gasteiger partial charge on any atom is 0.274 e. The van der Waals surface area contributed by atoms with Gasteiger partial charge in [-0.25, -0.2) is 5.43 Å². The smallest absolute Gasteiger partial charge is 0.274 e. The molecule has 1 amide bonds. The first-order valence-electron chi connectivity index (χ1n) is 8.19. The molecule has 2 N–H and O–H groups in total. The summed E-state index contributed by atoms with van der Waals surface area (Å²) in [6, 6.07) is 16.0. The molecular formula is C20H17N3O2S. The summed E-state index contributed by atoms with van der Waals surface area (Å²) in [7, 11) is 0. The number of anilines is 2. The molecule has 3 aromatic rings. The van der Waals surface area contributed by atoms with E-state index in [1.54, 1.807) is 24.8 Å². The molecule has 26 heavy (non-hydrogen) atoms. The molecule has 2 heterocycles. The Balaban J connectivity index is 1.54. The Morgan fingerprint density at radius 1 is 1.12 bits per heavy atom. The van der Waals surface area contributed by atoms with Gasteiger partial charge in [0, 0.05) is 9.79 Å². The van der Waals surface area contributed by atoms with Crippen LogP contribution in [-0.4, -0.2) is 11.6 Å². The highest BCUT2D eigenvalue weighted by Crippen LogP contribution is 2.44. The summed E-state index contributed by atoms with van der Waals surface area (Å²) in [6.45, 7) is 3.62. The molecule has 0 radical (unpaired) electrons. The first kappa shape index (κ1) is 16.5. The lowest BCUT2D eigenvalue weighted by Crippen LogP contribution is -2.19. The molecule has 0 bridgehead atoms. The molecule has 0 fully saturated rings. The Bertz CT molecular complexity index is 1020. The second-order valence-electron chi connectivity index (χ2n) is 5.96. The lowest BCUT2D eigenvalue weighted by Gasteiger charge is -2.21. The number of aryl methyl sites for hydroxylation is 1. The van der Waals surface area contributed by atoms with Gasteiger partial charge in [-0.1, -0.05) is 30.0 Å². The third-order valence-electron chi connectivity index (χ3n) is 4.20. The minimum atomic E-state index is -0.281. The van der Waals surface area contributed by atoms with Crippen LogP contribution in [0.2, 0.25) is 0 Å². The van der Waals surface area contributed by atoms with Crippen molar-refractivity contribution in [2.45, 2.75) is 23.6 Å². The van der Waals surface area contributed by atoms with E-state index in [2.05, 4.69) is 34.0 Å². The molecule has 0 aliphatic carbocycles. The summed E-state index contributed by atoms with van der Waals surface area (Å²) in [5.74, 6) is 0.292. The van der Waals surface area contributed by atoms with E-state index in [1.807, 2.05) is 31.2 Å². The van der Waals surface area contributed by atoms with E-state index in [0.29, 0.717) is 11.3 Å². The Hall–Kier alpha value is -2.99. The average molecular weight is 363 g/mol. The zero-order chi connectivity index (χ0) is 18.1. The highest BCUT2D eigenvalue weighted by Gasteiger charge is 2.16. The van der Waals surface area contributed by atoms with Crippen molar-refractivity contribution in [1.29, 1.82) is 0 Å². The average Bonchev–Trinajstić information content (AvgIpc) is 3.09. The third kappa shape index (κ3) is 3.11. The summed E-state index contributed by atoms with van der Waals surface area (Å²) in [5, 5.41) is 7.68. The molecule has 1 aromatic heterocycles. The number of amides is 1. The summed E-state index contributed by atoms with van der Waals surface area (Å²) < 4.78 is 5.15. The fourth-order valence-corrected chi connectivity index (χ4v) is 3.71. The Morgan fingerprint density at radius 2 is 1.92 bits per heavy atom. The Labute approximate surface area is 155 Å². The number of fused-ring (bicyclic) bond motifs is 2. The molecule has 1 aliphatic rings. The second kappa shape index (κ2) is 6.72. The van der Waals surface area contributed by atoms with Crippen LogP contribution in [0, 0.1) is 6.92 Å². The predicted molar refractivity (Wildman–Crippen MR) is 103 cm³/mol. The highest BCUT2D eigenvalue weighted by atomic mass is 32.2. The molecule has 6 heteroatoms. The van der Waals surface area contributed by atoms with Gasteiger partial charge in [-0.15, -0.1) is 0 Å². The first-order valence-corrected chi connectivity index (χ1v) is 9.00. The van der Waals surface area contributed by atoms with Gasteiger partial charge < -0.3 is 9.73 Å². The first-order chi connectivity index (χ1) is 12.6. The van der Waals surface area contributed by atoms with Gasteiger partial charge in [0.05, 0.1) is 28.9 Å². The molecule has 0 saturated heterocycles. The maximum absolute atomic E-state index is 12.1. The molecule has 0 saturated carbocycles. The van der Waals surface area contributed by atoms with Crippen LogP contribution in [0.3, 0.4) is 0 Å². The van der Waals surface area contributed by atoms with E-state index in [1.165, 1.54) is 16.1 Å². The number of rotatable bonds is 3. The van der Waals surface area contributed by atoms with Crippen LogP contribution >= 0.6 is 11.8 Å². The van der Waals surface area contributed by atoms with E-state index < -0.39 is 0 Å². The summed E-state index contributed by atoms with van der Waals surface area (Å²) in [4.78, 5) is 14.5. The van der Waals surface area contributed by atoms with Gasteiger partial charge in [0.25, 0.3) is 5.91 Å². The predicted octanol–water partition coefficient (Wildman–Crippen LogP) is 4.95. The molecule has 0 unspecified atom stereocenters. The van der Waals surface area contributed by atoms with Crippen molar-refractivity contribution in [3.8, 4) is 0 Å². The van der Waals surface area contributed by atoms with Gasteiger partial charge in [0.15, 0.2) is 0 Å². The summed E-state index contributed by atoms with van der Waals surface area (Å²) in [5.41, 5.74) is 6.88. The number of furan rings is 1. The number of hydrogen-bond donors (Lipinski definition) is 2. The fraction of sp³-hybridized carbons (Fsp3) is 0.100. The van der Waals surface area contributed by atoms with E-state index in [0.717, 1.165) is 22.6 Å². The van der Waals surface area contributed by atoms with Gasteiger partial charge in [-0.3, -0.25) is 4.79 Å². The monoisotopic (exact) mass is 363 g/mol. The lowest BCUT2D eigenvalue weighted by atomic mass is 10.1. The molecule has 2 aromatic carbocycles. The number of hydrogen-bond acceptors (Lipinski definition) is 5. The fourth-order valence-electron chi connectivity index (χ4n) is 2.74. The number of para-hydroxylation sites is 1. The molecule has 5 nitrogen and oxygen atoms in total. The van der Waals surface area contributed by atoms with Crippen molar-refractivity contribution in [2.24, 2.45) is 5.10 Å². The van der Waals surface area contributed by atoms with Crippen molar-refractivity contribution in [1.82, 2.24) is 5.43 Å². The van der Waals surface area contributed by atoms with Gasteiger partial charge in [0.1, 0.15) is 5.76 Å². The van der Waals surface area contributed by atoms with Gasteiger partial charge in [-0.05, 0) is 49.7 Å². The zero-order valence-corrected chi connectivity index (χ0v) is 15.2. The Morgan fingerprint density at radius 3 is 2.73 bits per heavy atom. The van der Waals surface area contributed by atoms with Crippen molar-refractivity contribution in [2.75, 3.05) is 5.32 Å². The second-order valence-corrected chi connectivity index (χ2v) is 7.05.